The number of nitrogens with zero attached hydrogens (tertiary/aromatic N) is 2. The molecule has 1 N–H and O–H groups in total. The fourth-order valence-electron chi connectivity index (χ4n) is 1.28. The topological polar surface area (TPSA) is 54.4 Å². The molecule has 0 aliphatic carbocycles. The van der Waals surface area contributed by atoms with Crippen molar-refractivity contribution in [2.45, 2.75) is 0 Å². The number of carbonyl (C=O) groups excluding carboxylic acids is 1. The number of hydrogen-bond acceptors (Lipinski definition) is 3. The molecule has 0 unspecified atom stereocenters. The van der Waals surface area contributed by atoms with Gasteiger partial charge in [-0.25, -0.2) is 5.43 Å². The number of hydrazone groups is 1. The van der Waals surface area contributed by atoms with Gasteiger partial charge in [-0.15, -0.1) is 0 Å². The summed E-state index contributed by atoms with van der Waals surface area (Å²) in [6.07, 6.45) is 3.16. The van der Waals surface area contributed by atoms with Gasteiger partial charge >= 0.3 is 0 Å². The molecule has 0 aliphatic heterocycles. The number of hydrogen-bond donors (Lipinski definition) is 1. The van der Waals surface area contributed by atoms with Crippen LogP contribution in [-0.2, 0) is 0 Å². The lowest BCUT2D eigenvalue weighted by Crippen LogP contribution is -2.17. The largest absolute Gasteiger partial charge is 0.271 e. The van der Waals surface area contributed by atoms with E-state index in [0.29, 0.717) is 11.3 Å². The van der Waals surface area contributed by atoms with Gasteiger partial charge in [0.2, 0.25) is 0 Å². The minimum absolute atomic E-state index is 0.255. The lowest BCUT2D eigenvalue weighted by molar-refractivity contribution is 0.0955. The molecule has 0 spiro atoms. The molecule has 0 aliphatic rings. The van der Waals surface area contributed by atoms with Crippen LogP contribution in [0.2, 0.25) is 0 Å². The van der Waals surface area contributed by atoms with Crippen molar-refractivity contribution >= 4 is 28.1 Å². The fourth-order valence-corrected chi connectivity index (χ4v) is 1.54. The Labute approximate surface area is 113 Å². The molecular weight excluding hydrogens is 294 g/mol. The van der Waals surface area contributed by atoms with Crippen LogP contribution in [0.5, 0.6) is 0 Å². The van der Waals surface area contributed by atoms with Gasteiger partial charge < -0.3 is 0 Å². The zero-order chi connectivity index (χ0) is 12.8. The van der Waals surface area contributed by atoms with Crippen molar-refractivity contribution in [3.63, 3.8) is 0 Å². The monoisotopic (exact) mass is 303 g/mol. The highest BCUT2D eigenvalue weighted by atomic mass is 79.9. The van der Waals surface area contributed by atoms with Gasteiger partial charge in [-0.2, -0.15) is 5.10 Å². The summed E-state index contributed by atoms with van der Waals surface area (Å²) in [6.45, 7) is 0. The van der Waals surface area contributed by atoms with Crippen LogP contribution in [0.3, 0.4) is 0 Å². The van der Waals surface area contributed by atoms with Gasteiger partial charge in [0.05, 0.1) is 11.9 Å². The van der Waals surface area contributed by atoms with E-state index >= 15 is 0 Å². The molecule has 0 atom stereocenters. The van der Waals surface area contributed by atoms with E-state index in [1.807, 2.05) is 12.1 Å². The number of halogens is 1. The molecule has 0 radical (unpaired) electrons. The van der Waals surface area contributed by atoms with Crippen LogP contribution in [0.15, 0.2) is 58.2 Å². The molecule has 0 fully saturated rings. The summed E-state index contributed by atoms with van der Waals surface area (Å²) in [7, 11) is 0. The smallest absolute Gasteiger partial charge is 0.267 e. The maximum absolute atomic E-state index is 11.7. The molecular formula is C13H10BrN3O. The van der Waals surface area contributed by atoms with E-state index in [2.05, 4.69) is 31.4 Å². The molecule has 1 amide bonds. The first-order valence-electron chi connectivity index (χ1n) is 5.26. The second kappa shape index (κ2) is 6.07. The highest BCUT2D eigenvalue weighted by Crippen LogP contribution is 2.10. The van der Waals surface area contributed by atoms with Gasteiger partial charge in [-0.1, -0.05) is 22.0 Å². The van der Waals surface area contributed by atoms with E-state index in [1.54, 1.807) is 36.5 Å². The molecule has 2 aromatic rings. The minimum atomic E-state index is -0.255. The second-order valence-corrected chi connectivity index (χ2v) is 4.38. The standard InChI is InChI=1S/C13H10BrN3O/c14-11-6-4-10(5-7-11)13(18)17-16-9-12-3-1-2-8-15-12/h1-9H,(H,17,18)/b16-9-. The van der Waals surface area contributed by atoms with Gasteiger partial charge in [0.15, 0.2) is 0 Å². The summed E-state index contributed by atoms with van der Waals surface area (Å²) < 4.78 is 0.927. The molecule has 0 bridgehead atoms. The van der Waals surface area contributed by atoms with Crippen LogP contribution in [0.25, 0.3) is 0 Å². The summed E-state index contributed by atoms with van der Waals surface area (Å²) >= 11 is 3.31. The van der Waals surface area contributed by atoms with Crippen LogP contribution in [0.1, 0.15) is 16.1 Å². The minimum Gasteiger partial charge on any atom is -0.267 e. The maximum Gasteiger partial charge on any atom is 0.271 e. The zero-order valence-electron chi connectivity index (χ0n) is 9.38. The maximum atomic E-state index is 11.7. The average Bonchev–Trinajstić information content (AvgIpc) is 2.40. The zero-order valence-corrected chi connectivity index (χ0v) is 11.0. The molecule has 1 aromatic heterocycles. The first-order valence-corrected chi connectivity index (χ1v) is 6.05. The number of pyridine rings is 1. The predicted molar refractivity (Wildman–Crippen MR) is 73.4 cm³/mol. The average molecular weight is 304 g/mol. The Balaban J connectivity index is 1.96. The SMILES string of the molecule is O=C(N/N=C\c1ccccn1)c1ccc(Br)cc1. The summed E-state index contributed by atoms with van der Waals surface area (Å²) in [5.74, 6) is -0.255. The van der Waals surface area contributed by atoms with E-state index in [0.717, 1.165) is 4.47 Å². The van der Waals surface area contributed by atoms with Crippen LogP contribution < -0.4 is 5.43 Å². The fraction of sp³-hybridized carbons (Fsp3) is 0. The predicted octanol–water partition coefficient (Wildman–Crippen LogP) is 2.61. The molecule has 2 rings (SSSR count). The molecule has 0 saturated heterocycles. The molecule has 0 saturated carbocycles. The van der Waals surface area contributed by atoms with Crippen LogP contribution in [0, 0.1) is 0 Å². The second-order valence-electron chi connectivity index (χ2n) is 3.46. The van der Waals surface area contributed by atoms with E-state index in [9.17, 15) is 4.79 Å². The van der Waals surface area contributed by atoms with Crippen molar-refractivity contribution in [3.05, 3.63) is 64.4 Å². The van der Waals surface area contributed by atoms with Crippen LogP contribution >= 0.6 is 15.9 Å². The van der Waals surface area contributed by atoms with Crippen LogP contribution in [-0.4, -0.2) is 17.1 Å². The molecule has 4 nitrogen and oxygen atoms in total. The Morgan fingerprint density at radius 2 is 2.00 bits per heavy atom. The van der Waals surface area contributed by atoms with E-state index < -0.39 is 0 Å². The van der Waals surface area contributed by atoms with Gasteiger partial charge in [0.25, 0.3) is 5.91 Å². The van der Waals surface area contributed by atoms with Crippen molar-refractivity contribution in [3.8, 4) is 0 Å². The summed E-state index contributed by atoms with van der Waals surface area (Å²) in [5, 5.41) is 3.84. The molecule has 90 valence electrons. The van der Waals surface area contributed by atoms with Gasteiger partial charge in [0.1, 0.15) is 0 Å². The number of rotatable bonds is 3. The number of aromatic nitrogens is 1. The Morgan fingerprint density at radius 3 is 2.67 bits per heavy atom. The Bertz CT molecular complexity index is 552. The Hall–Kier alpha value is -2.01. The van der Waals surface area contributed by atoms with E-state index in [1.165, 1.54) is 6.21 Å². The van der Waals surface area contributed by atoms with Crippen molar-refractivity contribution in [1.82, 2.24) is 10.4 Å². The first-order chi connectivity index (χ1) is 8.75. The summed E-state index contributed by atoms with van der Waals surface area (Å²) in [5.41, 5.74) is 3.68. The number of benzene rings is 1. The quantitative estimate of drug-likeness (QED) is 0.700. The highest BCUT2D eigenvalue weighted by Gasteiger charge is 2.02. The van der Waals surface area contributed by atoms with Crippen molar-refractivity contribution < 1.29 is 4.79 Å². The number of amides is 1. The summed E-state index contributed by atoms with van der Waals surface area (Å²) in [4.78, 5) is 15.7. The first kappa shape index (κ1) is 12.4. The Morgan fingerprint density at radius 1 is 1.22 bits per heavy atom. The Kier molecular flexibility index (Phi) is 4.20. The van der Waals surface area contributed by atoms with Gasteiger partial charge in [-0.3, -0.25) is 9.78 Å². The van der Waals surface area contributed by atoms with Gasteiger partial charge in [-0.05, 0) is 36.4 Å². The van der Waals surface area contributed by atoms with E-state index in [-0.39, 0.29) is 5.91 Å². The van der Waals surface area contributed by atoms with E-state index in [4.69, 9.17) is 0 Å². The summed E-state index contributed by atoms with van der Waals surface area (Å²) in [6, 6.07) is 12.5. The highest BCUT2D eigenvalue weighted by molar-refractivity contribution is 9.10. The molecule has 1 aromatic carbocycles. The lowest BCUT2D eigenvalue weighted by atomic mass is 10.2. The third kappa shape index (κ3) is 3.49. The number of carbonyl (C=O) groups is 1. The van der Waals surface area contributed by atoms with Gasteiger partial charge in [0, 0.05) is 16.2 Å². The van der Waals surface area contributed by atoms with Crippen LogP contribution in [0.4, 0.5) is 0 Å². The third-order valence-electron chi connectivity index (χ3n) is 2.16. The molecule has 1 heterocycles. The lowest BCUT2D eigenvalue weighted by Gasteiger charge is -1.99. The third-order valence-corrected chi connectivity index (χ3v) is 2.69. The molecule has 5 heteroatoms. The molecule has 18 heavy (non-hydrogen) atoms. The number of nitrogens with one attached hydrogen (secondary N) is 1. The van der Waals surface area contributed by atoms with Crippen molar-refractivity contribution in [2.75, 3.05) is 0 Å². The van der Waals surface area contributed by atoms with Crippen molar-refractivity contribution in [2.24, 2.45) is 5.10 Å². The normalized spacial score (nSPS) is 10.5. The van der Waals surface area contributed by atoms with Crippen molar-refractivity contribution in [1.29, 1.82) is 0 Å².